The highest BCUT2D eigenvalue weighted by molar-refractivity contribution is 5.35. The molecule has 13 heavy (non-hydrogen) atoms. The van der Waals surface area contributed by atoms with Crippen LogP contribution in [0.25, 0.3) is 0 Å². The van der Waals surface area contributed by atoms with Crippen molar-refractivity contribution in [3.63, 3.8) is 0 Å². The average molecular weight is 177 g/mol. The van der Waals surface area contributed by atoms with E-state index in [0.29, 0.717) is 6.04 Å². The Bertz CT molecular complexity index is 298. The van der Waals surface area contributed by atoms with Crippen molar-refractivity contribution < 1.29 is 0 Å². The first-order valence-electron chi connectivity index (χ1n) is 4.82. The van der Waals surface area contributed by atoms with E-state index in [0.717, 1.165) is 17.6 Å². The third-order valence-corrected chi connectivity index (χ3v) is 2.73. The second-order valence-electron chi connectivity index (χ2n) is 3.79. The topological polar surface area (TPSA) is 37.8 Å². The van der Waals surface area contributed by atoms with Gasteiger partial charge in [0.1, 0.15) is 11.6 Å². The van der Waals surface area contributed by atoms with Gasteiger partial charge in [-0.05, 0) is 31.7 Å². The summed E-state index contributed by atoms with van der Waals surface area (Å²) in [6.07, 6.45) is 4.40. The number of nitrogens with one attached hydrogen (secondary N) is 1. The molecule has 1 aromatic heterocycles. The molecular weight excluding hydrogens is 162 g/mol. The Morgan fingerprint density at radius 2 is 2.31 bits per heavy atom. The van der Waals surface area contributed by atoms with E-state index in [1.165, 1.54) is 12.8 Å². The summed E-state index contributed by atoms with van der Waals surface area (Å²) >= 11 is 0. The zero-order valence-electron chi connectivity index (χ0n) is 8.12. The lowest BCUT2D eigenvalue weighted by molar-refractivity contribution is 0.303. The minimum atomic E-state index is 0.620. The first-order valence-corrected chi connectivity index (χ1v) is 4.82. The highest BCUT2D eigenvalue weighted by Gasteiger charge is 2.26. The monoisotopic (exact) mass is 177 g/mol. The van der Waals surface area contributed by atoms with Crippen LogP contribution in [0.1, 0.15) is 25.6 Å². The van der Waals surface area contributed by atoms with Gasteiger partial charge < -0.3 is 5.32 Å². The zero-order chi connectivity index (χ0) is 9.26. The quantitative estimate of drug-likeness (QED) is 0.750. The van der Waals surface area contributed by atoms with Gasteiger partial charge in [-0.1, -0.05) is 6.92 Å². The molecule has 1 N–H and O–H groups in total. The summed E-state index contributed by atoms with van der Waals surface area (Å²) in [5.74, 6) is 2.58. The molecule has 0 radical (unpaired) electrons. The van der Waals surface area contributed by atoms with Gasteiger partial charge in [0.2, 0.25) is 0 Å². The van der Waals surface area contributed by atoms with E-state index in [1.54, 1.807) is 6.20 Å². The fourth-order valence-electron chi connectivity index (χ4n) is 1.61. The number of hydrogen-bond acceptors (Lipinski definition) is 3. The van der Waals surface area contributed by atoms with Crippen molar-refractivity contribution in [3.8, 4) is 0 Å². The van der Waals surface area contributed by atoms with Gasteiger partial charge in [-0.2, -0.15) is 0 Å². The summed E-state index contributed by atoms with van der Waals surface area (Å²) in [6, 6.07) is 2.55. The number of anilines is 1. The molecule has 1 aliphatic carbocycles. The van der Waals surface area contributed by atoms with E-state index in [2.05, 4.69) is 22.2 Å². The summed E-state index contributed by atoms with van der Waals surface area (Å²) in [4.78, 5) is 8.37. The molecule has 1 aromatic rings. The molecule has 70 valence electrons. The predicted octanol–water partition coefficient (Wildman–Crippen LogP) is 2.00. The maximum Gasteiger partial charge on any atom is 0.129 e. The second-order valence-corrected chi connectivity index (χ2v) is 3.79. The van der Waals surface area contributed by atoms with Gasteiger partial charge in [0, 0.05) is 12.2 Å². The normalized spacial score (nSPS) is 26.6. The molecule has 1 aliphatic rings. The third-order valence-electron chi connectivity index (χ3n) is 2.73. The second kappa shape index (κ2) is 3.32. The molecule has 0 spiro atoms. The Labute approximate surface area is 78.6 Å². The zero-order valence-corrected chi connectivity index (χ0v) is 8.12. The maximum absolute atomic E-state index is 4.31. The maximum atomic E-state index is 4.31. The van der Waals surface area contributed by atoms with Crippen molar-refractivity contribution in [2.75, 3.05) is 5.32 Å². The Morgan fingerprint density at radius 1 is 1.46 bits per heavy atom. The molecule has 0 amide bonds. The Hall–Kier alpha value is -1.12. The first-order chi connectivity index (χ1) is 6.25. The molecule has 2 atom stereocenters. The molecule has 0 saturated heterocycles. The minimum Gasteiger partial charge on any atom is -0.367 e. The van der Waals surface area contributed by atoms with Gasteiger partial charge in [0.25, 0.3) is 0 Å². The van der Waals surface area contributed by atoms with Gasteiger partial charge in [-0.3, -0.25) is 0 Å². The molecule has 0 aliphatic heterocycles. The Morgan fingerprint density at radius 3 is 2.85 bits per heavy atom. The van der Waals surface area contributed by atoms with Crippen molar-refractivity contribution >= 4 is 5.82 Å². The standard InChI is InChI=1S/C10H15N3/c1-7-3-4-9(7)13-10-5-6-11-8(2)12-10/h5-7,9H,3-4H2,1-2H3,(H,11,12,13). The van der Waals surface area contributed by atoms with Crippen LogP contribution >= 0.6 is 0 Å². The van der Waals surface area contributed by atoms with E-state index < -0.39 is 0 Å². The molecule has 1 heterocycles. The summed E-state index contributed by atoms with van der Waals surface area (Å²) in [7, 11) is 0. The van der Waals surface area contributed by atoms with Crippen LogP contribution in [0.15, 0.2) is 12.3 Å². The van der Waals surface area contributed by atoms with E-state index in [-0.39, 0.29) is 0 Å². The summed E-state index contributed by atoms with van der Waals surface area (Å²) in [6.45, 7) is 4.19. The van der Waals surface area contributed by atoms with Crippen LogP contribution in [0.4, 0.5) is 5.82 Å². The fourth-order valence-corrected chi connectivity index (χ4v) is 1.61. The van der Waals surface area contributed by atoms with Crippen LogP contribution in [-0.4, -0.2) is 16.0 Å². The molecule has 2 unspecified atom stereocenters. The third kappa shape index (κ3) is 1.79. The van der Waals surface area contributed by atoms with Crippen molar-refractivity contribution in [1.82, 2.24) is 9.97 Å². The SMILES string of the molecule is Cc1nccc(NC2CCC2C)n1. The first kappa shape index (κ1) is 8.48. The van der Waals surface area contributed by atoms with Gasteiger partial charge in [-0.15, -0.1) is 0 Å². The Balaban J connectivity index is 2.01. The molecule has 2 rings (SSSR count). The smallest absolute Gasteiger partial charge is 0.129 e. The molecule has 3 heteroatoms. The average Bonchev–Trinajstić information content (AvgIpc) is 2.12. The van der Waals surface area contributed by atoms with Crippen LogP contribution in [0, 0.1) is 12.8 Å². The molecule has 1 saturated carbocycles. The number of hydrogen-bond donors (Lipinski definition) is 1. The molecule has 0 bridgehead atoms. The fraction of sp³-hybridized carbons (Fsp3) is 0.600. The Kier molecular flexibility index (Phi) is 2.17. The van der Waals surface area contributed by atoms with Gasteiger partial charge in [-0.25, -0.2) is 9.97 Å². The van der Waals surface area contributed by atoms with Crippen LogP contribution in [0.3, 0.4) is 0 Å². The lowest BCUT2D eigenvalue weighted by Gasteiger charge is -2.34. The molecular formula is C10H15N3. The number of nitrogens with zero attached hydrogens (tertiary/aromatic N) is 2. The van der Waals surface area contributed by atoms with Crippen molar-refractivity contribution in [2.24, 2.45) is 5.92 Å². The van der Waals surface area contributed by atoms with Crippen LogP contribution in [0.2, 0.25) is 0 Å². The molecule has 3 nitrogen and oxygen atoms in total. The lowest BCUT2D eigenvalue weighted by atomic mass is 9.81. The number of aromatic nitrogens is 2. The van der Waals surface area contributed by atoms with Crippen molar-refractivity contribution in [2.45, 2.75) is 32.7 Å². The van der Waals surface area contributed by atoms with Gasteiger partial charge in [0.05, 0.1) is 0 Å². The van der Waals surface area contributed by atoms with Crippen LogP contribution in [0.5, 0.6) is 0 Å². The number of rotatable bonds is 2. The van der Waals surface area contributed by atoms with Crippen molar-refractivity contribution in [1.29, 1.82) is 0 Å². The predicted molar refractivity (Wildman–Crippen MR) is 52.6 cm³/mol. The lowest BCUT2D eigenvalue weighted by Crippen LogP contribution is -2.36. The summed E-state index contributed by atoms with van der Waals surface area (Å²) < 4.78 is 0. The van der Waals surface area contributed by atoms with Crippen LogP contribution in [-0.2, 0) is 0 Å². The number of aryl methyl sites for hydroxylation is 1. The largest absolute Gasteiger partial charge is 0.367 e. The van der Waals surface area contributed by atoms with E-state index >= 15 is 0 Å². The summed E-state index contributed by atoms with van der Waals surface area (Å²) in [5.41, 5.74) is 0. The van der Waals surface area contributed by atoms with E-state index in [9.17, 15) is 0 Å². The van der Waals surface area contributed by atoms with E-state index in [4.69, 9.17) is 0 Å². The summed E-state index contributed by atoms with van der Waals surface area (Å²) in [5, 5.41) is 3.42. The van der Waals surface area contributed by atoms with Gasteiger partial charge >= 0.3 is 0 Å². The highest BCUT2D eigenvalue weighted by Crippen LogP contribution is 2.28. The molecule has 0 aromatic carbocycles. The van der Waals surface area contributed by atoms with E-state index in [1.807, 2.05) is 13.0 Å². The highest BCUT2D eigenvalue weighted by atomic mass is 15.1. The molecule has 1 fully saturated rings. The van der Waals surface area contributed by atoms with Crippen LogP contribution < -0.4 is 5.32 Å². The van der Waals surface area contributed by atoms with Gasteiger partial charge in [0.15, 0.2) is 0 Å². The van der Waals surface area contributed by atoms with Crippen molar-refractivity contribution in [3.05, 3.63) is 18.1 Å². The minimum absolute atomic E-state index is 0.620.